The molecule has 1 heterocycles. The number of phenols is 1. The molecule has 0 unspecified atom stereocenters. The second-order valence-corrected chi connectivity index (χ2v) is 5.31. The van der Waals surface area contributed by atoms with Gasteiger partial charge in [-0.3, -0.25) is 14.9 Å². The molecule has 0 saturated carbocycles. The summed E-state index contributed by atoms with van der Waals surface area (Å²) >= 11 is 0. The van der Waals surface area contributed by atoms with Gasteiger partial charge in [-0.15, -0.1) is 0 Å². The molecule has 0 aliphatic rings. The van der Waals surface area contributed by atoms with Gasteiger partial charge in [0.05, 0.1) is 22.4 Å². The Hall–Kier alpha value is -3.94. The fourth-order valence-electron chi connectivity index (χ4n) is 2.37. The van der Waals surface area contributed by atoms with Crippen LogP contribution < -0.4 is 5.43 Å². The number of hydrazone groups is 1. The van der Waals surface area contributed by atoms with Crippen LogP contribution in [-0.2, 0) is 0 Å². The van der Waals surface area contributed by atoms with Crippen molar-refractivity contribution in [3.63, 3.8) is 0 Å². The summed E-state index contributed by atoms with van der Waals surface area (Å²) in [5.74, 6) is -0.628. The van der Waals surface area contributed by atoms with Crippen molar-refractivity contribution in [1.29, 1.82) is 0 Å². The van der Waals surface area contributed by atoms with Crippen LogP contribution in [0.15, 0.2) is 72.1 Å². The minimum Gasteiger partial charge on any atom is -0.507 e. The molecular weight excluding hydrogens is 336 g/mol. The summed E-state index contributed by atoms with van der Waals surface area (Å²) in [6.45, 7) is 0. The molecular formula is C18H14N4O4. The van der Waals surface area contributed by atoms with Gasteiger partial charge >= 0.3 is 0 Å². The van der Waals surface area contributed by atoms with Gasteiger partial charge in [-0.05, 0) is 30.3 Å². The van der Waals surface area contributed by atoms with Gasteiger partial charge in [0.1, 0.15) is 5.75 Å². The highest BCUT2D eigenvalue weighted by molar-refractivity contribution is 5.98. The largest absolute Gasteiger partial charge is 0.507 e. The Morgan fingerprint density at radius 2 is 1.88 bits per heavy atom. The van der Waals surface area contributed by atoms with Crippen molar-refractivity contribution in [1.82, 2.24) is 9.99 Å². The minimum absolute atomic E-state index is 0.123. The summed E-state index contributed by atoms with van der Waals surface area (Å²) in [5.41, 5.74) is 3.39. The third-order valence-electron chi connectivity index (χ3n) is 3.62. The average Bonchev–Trinajstić information content (AvgIpc) is 3.17. The minimum atomic E-state index is -0.581. The number of nitro groups is 1. The van der Waals surface area contributed by atoms with Crippen LogP contribution in [0.3, 0.4) is 0 Å². The summed E-state index contributed by atoms with van der Waals surface area (Å²) < 4.78 is 1.80. The molecule has 0 bridgehead atoms. The lowest BCUT2D eigenvalue weighted by Crippen LogP contribution is -2.19. The quantitative estimate of drug-likeness (QED) is 0.419. The molecule has 130 valence electrons. The number of non-ortho nitro benzene ring substituents is 1. The van der Waals surface area contributed by atoms with E-state index in [0.29, 0.717) is 11.3 Å². The Morgan fingerprint density at radius 1 is 1.15 bits per heavy atom. The lowest BCUT2D eigenvalue weighted by molar-refractivity contribution is -0.384. The van der Waals surface area contributed by atoms with E-state index in [1.807, 2.05) is 30.6 Å². The third kappa shape index (κ3) is 3.59. The highest BCUT2D eigenvalue weighted by Gasteiger charge is 2.12. The van der Waals surface area contributed by atoms with Crippen molar-refractivity contribution >= 4 is 17.8 Å². The number of aromatic nitrogens is 1. The predicted molar refractivity (Wildman–Crippen MR) is 95.6 cm³/mol. The third-order valence-corrected chi connectivity index (χ3v) is 3.62. The molecule has 26 heavy (non-hydrogen) atoms. The Labute approximate surface area is 148 Å². The number of carbonyl (C=O) groups is 1. The van der Waals surface area contributed by atoms with E-state index in [1.54, 1.807) is 22.8 Å². The number of para-hydroxylation sites is 1. The van der Waals surface area contributed by atoms with Crippen molar-refractivity contribution in [3.8, 4) is 11.4 Å². The monoisotopic (exact) mass is 350 g/mol. The summed E-state index contributed by atoms with van der Waals surface area (Å²) in [4.78, 5) is 22.6. The zero-order valence-corrected chi connectivity index (χ0v) is 13.4. The van der Waals surface area contributed by atoms with Gasteiger partial charge in [-0.2, -0.15) is 5.10 Å². The maximum atomic E-state index is 12.4. The normalized spacial score (nSPS) is 10.8. The van der Waals surface area contributed by atoms with E-state index in [2.05, 4.69) is 10.5 Å². The van der Waals surface area contributed by atoms with Crippen molar-refractivity contribution in [2.24, 2.45) is 5.10 Å². The van der Waals surface area contributed by atoms with Crippen LogP contribution in [0.4, 0.5) is 5.69 Å². The Morgan fingerprint density at radius 3 is 2.62 bits per heavy atom. The second-order valence-electron chi connectivity index (χ2n) is 5.31. The first-order valence-electron chi connectivity index (χ1n) is 7.59. The van der Waals surface area contributed by atoms with E-state index in [9.17, 15) is 20.0 Å². The molecule has 3 rings (SSSR count). The number of aromatic hydroxyl groups is 1. The van der Waals surface area contributed by atoms with E-state index in [4.69, 9.17) is 0 Å². The predicted octanol–water partition coefficient (Wildman–Crippen LogP) is 2.86. The fourth-order valence-corrected chi connectivity index (χ4v) is 2.37. The highest BCUT2D eigenvalue weighted by atomic mass is 16.6. The van der Waals surface area contributed by atoms with Crippen LogP contribution in [0, 0.1) is 10.1 Å². The molecule has 8 nitrogen and oxygen atoms in total. The van der Waals surface area contributed by atoms with Crippen LogP contribution in [-0.4, -0.2) is 26.7 Å². The van der Waals surface area contributed by atoms with E-state index in [1.165, 1.54) is 18.2 Å². The number of hydrogen-bond acceptors (Lipinski definition) is 5. The van der Waals surface area contributed by atoms with Crippen molar-refractivity contribution < 1.29 is 14.8 Å². The van der Waals surface area contributed by atoms with E-state index >= 15 is 0 Å². The van der Waals surface area contributed by atoms with Gasteiger partial charge in [0.25, 0.3) is 11.6 Å². The SMILES string of the molecule is O=C(N/N=C\c1cc([N+](=O)[O-])ccc1O)c1ccccc1-n1cccc1. The smallest absolute Gasteiger partial charge is 0.273 e. The molecule has 3 aromatic rings. The summed E-state index contributed by atoms with van der Waals surface area (Å²) in [6, 6.07) is 14.2. The van der Waals surface area contributed by atoms with Gasteiger partial charge in [0.15, 0.2) is 0 Å². The Balaban J connectivity index is 1.79. The molecule has 0 fully saturated rings. The topological polar surface area (TPSA) is 110 Å². The van der Waals surface area contributed by atoms with Crippen LogP contribution in [0.5, 0.6) is 5.75 Å². The summed E-state index contributed by atoms with van der Waals surface area (Å²) in [7, 11) is 0. The molecule has 0 saturated heterocycles. The van der Waals surface area contributed by atoms with E-state index in [-0.39, 0.29) is 17.0 Å². The average molecular weight is 350 g/mol. The van der Waals surface area contributed by atoms with Crippen LogP contribution in [0.1, 0.15) is 15.9 Å². The van der Waals surface area contributed by atoms with E-state index < -0.39 is 10.8 Å². The standard InChI is InChI=1S/C18H14N4O4/c23-17-8-7-14(22(25)26)11-13(17)12-19-20-18(24)15-5-1-2-6-16(15)21-9-3-4-10-21/h1-12,23H,(H,20,24)/b19-12-. The first kappa shape index (κ1) is 16.9. The number of carbonyl (C=O) groups excluding carboxylic acids is 1. The lowest BCUT2D eigenvalue weighted by atomic mass is 10.1. The molecule has 1 amide bonds. The molecule has 2 aromatic carbocycles. The van der Waals surface area contributed by atoms with Crippen LogP contribution in [0.25, 0.3) is 5.69 Å². The number of benzene rings is 2. The summed E-state index contributed by atoms with van der Waals surface area (Å²) in [5, 5.41) is 24.3. The molecule has 0 atom stereocenters. The van der Waals surface area contributed by atoms with Crippen molar-refractivity contribution in [2.45, 2.75) is 0 Å². The van der Waals surface area contributed by atoms with Crippen LogP contribution in [0.2, 0.25) is 0 Å². The number of nitrogens with one attached hydrogen (secondary N) is 1. The van der Waals surface area contributed by atoms with Crippen LogP contribution >= 0.6 is 0 Å². The molecule has 0 spiro atoms. The molecule has 1 aromatic heterocycles. The fraction of sp³-hybridized carbons (Fsp3) is 0. The molecule has 0 aliphatic carbocycles. The van der Waals surface area contributed by atoms with Crippen molar-refractivity contribution in [2.75, 3.05) is 0 Å². The first-order valence-corrected chi connectivity index (χ1v) is 7.59. The van der Waals surface area contributed by atoms with Gasteiger partial charge in [-0.25, -0.2) is 5.43 Å². The molecule has 8 heteroatoms. The Kier molecular flexibility index (Phi) is 4.75. The second kappa shape index (κ2) is 7.31. The van der Waals surface area contributed by atoms with Gasteiger partial charge in [-0.1, -0.05) is 12.1 Å². The molecule has 2 N–H and O–H groups in total. The zero-order valence-electron chi connectivity index (χ0n) is 13.4. The van der Waals surface area contributed by atoms with E-state index in [0.717, 1.165) is 6.21 Å². The number of rotatable bonds is 5. The molecule has 0 radical (unpaired) electrons. The van der Waals surface area contributed by atoms with Gasteiger partial charge in [0, 0.05) is 30.1 Å². The number of amides is 1. The summed E-state index contributed by atoms with van der Waals surface area (Å²) in [6.07, 6.45) is 4.78. The Bertz CT molecular complexity index is 981. The highest BCUT2D eigenvalue weighted by Crippen LogP contribution is 2.21. The maximum Gasteiger partial charge on any atom is 0.273 e. The lowest BCUT2D eigenvalue weighted by Gasteiger charge is -2.09. The van der Waals surface area contributed by atoms with Crippen molar-refractivity contribution in [3.05, 3.63) is 88.2 Å². The van der Waals surface area contributed by atoms with Gasteiger partial charge in [0.2, 0.25) is 0 Å². The first-order chi connectivity index (χ1) is 12.6. The van der Waals surface area contributed by atoms with Gasteiger partial charge < -0.3 is 9.67 Å². The zero-order chi connectivity index (χ0) is 18.5. The maximum absolute atomic E-state index is 12.4. The number of hydrogen-bond donors (Lipinski definition) is 2. The number of phenolic OH excluding ortho intramolecular Hbond substituents is 1. The number of nitro benzene ring substituents is 1. The number of nitrogens with zero attached hydrogens (tertiary/aromatic N) is 3. The molecule has 0 aliphatic heterocycles.